The fraction of sp³-hybridized carbons (Fsp3) is 0.455. The van der Waals surface area contributed by atoms with Crippen LogP contribution in [0.5, 0.6) is 0 Å². The number of nitriles is 1. The van der Waals surface area contributed by atoms with Gasteiger partial charge in [-0.1, -0.05) is 0 Å². The van der Waals surface area contributed by atoms with Gasteiger partial charge in [-0.05, 0) is 26.1 Å². The molecule has 0 spiro atoms. The molecule has 1 heterocycles. The second-order valence-electron chi connectivity index (χ2n) is 3.87. The highest BCUT2D eigenvalue weighted by molar-refractivity contribution is 7.99. The molecule has 18 heavy (non-hydrogen) atoms. The van der Waals surface area contributed by atoms with E-state index in [-0.39, 0.29) is 0 Å². The van der Waals surface area contributed by atoms with Crippen molar-refractivity contribution in [2.24, 2.45) is 0 Å². The first kappa shape index (κ1) is 14.8. The summed E-state index contributed by atoms with van der Waals surface area (Å²) in [6, 6.07) is 4.39. The minimum Gasteiger partial charge on any atom is -0.302 e. The molecule has 0 amide bonds. The lowest BCUT2D eigenvalue weighted by atomic mass is 10.1. The first-order valence-electron chi connectivity index (χ1n) is 5.07. The molecular formula is C11H12F3N3S. The second kappa shape index (κ2) is 5.59. The first-order chi connectivity index (χ1) is 8.30. The van der Waals surface area contributed by atoms with E-state index < -0.39 is 17.3 Å². The van der Waals surface area contributed by atoms with Gasteiger partial charge in [-0.3, -0.25) is 0 Å². The third-order valence-electron chi connectivity index (χ3n) is 2.37. The Kier molecular flexibility index (Phi) is 4.59. The van der Waals surface area contributed by atoms with Gasteiger partial charge in [0, 0.05) is 11.9 Å². The molecule has 0 radical (unpaired) electrons. The van der Waals surface area contributed by atoms with Crippen molar-refractivity contribution in [3.8, 4) is 6.07 Å². The Balaban J connectivity index is 2.69. The van der Waals surface area contributed by atoms with Crippen LogP contribution in [0.3, 0.4) is 0 Å². The molecule has 1 unspecified atom stereocenters. The lowest BCUT2D eigenvalue weighted by molar-refractivity contribution is -0.137. The highest BCUT2D eigenvalue weighted by Crippen LogP contribution is 2.30. The molecule has 0 aromatic carbocycles. The minimum absolute atomic E-state index is 0.401. The van der Waals surface area contributed by atoms with Gasteiger partial charge in [0.25, 0.3) is 0 Å². The number of hydrogen-bond acceptors (Lipinski definition) is 4. The van der Waals surface area contributed by atoms with Gasteiger partial charge in [0.2, 0.25) is 0 Å². The van der Waals surface area contributed by atoms with Crippen LogP contribution in [0, 0.1) is 11.3 Å². The lowest BCUT2D eigenvalue weighted by Crippen LogP contribution is -2.40. The SMILES string of the molecule is CNC(C)(C#N)CSc1ccc(C(F)(F)F)cn1. The maximum absolute atomic E-state index is 12.3. The molecule has 0 bridgehead atoms. The van der Waals surface area contributed by atoms with Crippen LogP contribution in [-0.4, -0.2) is 23.3 Å². The monoisotopic (exact) mass is 275 g/mol. The Hall–Kier alpha value is -1.26. The van der Waals surface area contributed by atoms with Crippen LogP contribution in [0.2, 0.25) is 0 Å². The van der Waals surface area contributed by atoms with Gasteiger partial charge in [-0.25, -0.2) is 4.98 Å². The average Bonchev–Trinajstić information content (AvgIpc) is 2.35. The Labute approximate surface area is 107 Å². The molecule has 98 valence electrons. The Morgan fingerprint density at radius 3 is 2.50 bits per heavy atom. The summed E-state index contributed by atoms with van der Waals surface area (Å²) >= 11 is 1.23. The maximum Gasteiger partial charge on any atom is 0.417 e. The number of pyridine rings is 1. The summed E-state index contributed by atoms with van der Waals surface area (Å²) in [6.07, 6.45) is -3.58. The summed E-state index contributed by atoms with van der Waals surface area (Å²) in [5, 5.41) is 12.2. The smallest absolute Gasteiger partial charge is 0.302 e. The summed E-state index contributed by atoms with van der Waals surface area (Å²) in [5.74, 6) is 0.401. The third kappa shape index (κ3) is 3.89. The van der Waals surface area contributed by atoms with Crippen molar-refractivity contribution in [3.63, 3.8) is 0 Å². The molecule has 0 saturated carbocycles. The maximum atomic E-state index is 12.3. The van der Waals surface area contributed by atoms with E-state index in [2.05, 4.69) is 16.4 Å². The highest BCUT2D eigenvalue weighted by Gasteiger charge is 2.30. The van der Waals surface area contributed by atoms with Gasteiger partial charge in [-0.2, -0.15) is 18.4 Å². The van der Waals surface area contributed by atoms with E-state index in [9.17, 15) is 13.2 Å². The largest absolute Gasteiger partial charge is 0.417 e. The molecule has 1 rings (SSSR count). The van der Waals surface area contributed by atoms with E-state index >= 15 is 0 Å². The summed E-state index contributed by atoms with van der Waals surface area (Å²) in [5.41, 5.74) is -1.50. The van der Waals surface area contributed by atoms with E-state index in [1.807, 2.05) is 0 Å². The fourth-order valence-electron chi connectivity index (χ4n) is 1.01. The molecule has 1 aromatic rings. The van der Waals surface area contributed by atoms with Gasteiger partial charge >= 0.3 is 6.18 Å². The van der Waals surface area contributed by atoms with Crippen molar-refractivity contribution in [3.05, 3.63) is 23.9 Å². The topological polar surface area (TPSA) is 48.7 Å². The molecule has 0 aliphatic heterocycles. The molecule has 7 heteroatoms. The number of nitrogens with one attached hydrogen (secondary N) is 1. The van der Waals surface area contributed by atoms with Crippen LogP contribution in [-0.2, 0) is 6.18 Å². The Morgan fingerprint density at radius 1 is 1.44 bits per heavy atom. The van der Waals surface area contributed by atoms with Crippen LogP contribution in [0.25, 0.3) is 0 Å². The molecule has 1 atom stereocenters. The van der Waals surface area contributed by atoms with Gasteiger partial charge in [0.15, 0.2) is 0 Å². The van der Waals surface area contributed by atoms with Crippen LogP contribution in [0.4, 0.5) is 13.2 Å². The van der Waals surface area contributed by atoms with Crippen molar-refractivity contribution < 1.29 is 13.2 Å². The summed E-state index contributed by atoms with van der Waals surface area (Å²) in [6.45, 7) is 1.71. The standard InChI is InChI=1S/C11H12F3N3S/c1-10(6-15,16-2)7-18-9-4-3-8(5-17-9)11(12,13)14/h3-5,16H,7H2,1-2H3. The van der Waals surface area contributed by atoms with E-state index in [4.69, 9.17) is 5.26 Å². The molecule has 0 fully saturated rings. The van der Waals surface area contributed by atoms with Crippen LogP contribution >= 0.6 is 11.8 Å². The van der Waals surface area contributed by atoms with Gasteiger partial charge in [0.1, 0.15) is 5.54 Å². The molecule has 1 aromatic heterocycles. The van der Waals surface area contributed by atoms with Crippen LogP contribution < -0.4 is 5.32 Å². The quantitative estimate of drug-likeness (QED) is 0.858. The van der Waals surface area contributed by atoms with Gasteiger partial charge < -0.3 is 5.32 Å². The predicted molar refractivity (Wildman–Crippen MR) is 63.0 cm³/mol. The third-order valence-corrected chi connectivity index (χ3v) is 3.63. The molecule has 3 nitrogen and oxygen atoms in total. The zero-order valence-corrected chi connectivity index (χ0v) is 10.7. The van der Waals surface area contributed by atoms with Crippen LogP contribution in [0.15, 0.2) is 23.4 Å². The first-order valence-corrected chi connectivity index (χ1v) is 6.05. The van der Waals surface area contributed by atoms with Crippen molar-refractivity contribution in [1.29, 1.82) is 5.26 Å². The van der Waals surface area contributed by atoms with E-state index in [0.29, 0.717) is 10.8 Å². The normalized spacial score (nSPS) is 14.9. The van der Waals surface area contributed by atoms with Crippen molar-refractivity contribution in [2.45, 2.75) is 23.7 Å². The fourth-order valence-corrected chi connectivity index (χ4v) is 1.95. The summed E-state index contributed by atoms with van der Waals surface area (Å²) in [4.78, 5) is 3.72. The number of nitrogens with zero attached hydrogens (tertiary/aromatic N) is 2. The van der Waals surface area contributed by atoms with E-state index in [1.54, 1.807) is 14.0 Å². The van der Waals surface area contributed by atoms with Crippen LogP contribution in [0.1, 0.15) is 12.5 Å². The van der Waals surface area contributed by atoms with Gasteiger partial charge in [0.05, 0.1) is 16.7 Å². The van der Waals surface area contributed by atoms with E-state index in [0.717, 1.165) is 12.3 Å². The second-order valence-corrected chi connectivity index (χ2v) is 4.86. The molecule has 0 saturated heterocycles. The van der Waals surface area contributed by atoms with Crippen molar-refractivity contribution >= 4 is 11.8 Å². The number of hydrogen-bond donors (Lipinski definition) is 1. The van der Waals surface area contributed by atoms with Crippen molar-refractivity contribution in [1.82, 2.24) is 10.3 Å². The molecule has 0 aliphatic rings. The minimum atomic E-state index is -4.37. The highest BCUT2D eigenvalue weighted by atomic mass is 32.2. The molecule has 1 N–H and O–H groups in total. The molecular weight excluding hydrogens is 263 g/mol. The zero-order chi connectivity index (χ0) is 13.8. The average molecular weight is 275 g/mol. The number of halogens is 3. The number of alkyl halides is 3. The van der Waals surface area contributed by atoms with Gasteiger partial charge in [-0.15, -0.1) is 11.8 Å². The summed E-state index contributed by atoms with van der Waals surface area (Å²) < 4.78 is 36.9. The number of rotatable bonds is 4. The predicted octanol–water partition coefficient (Wildman–Crippen LogP) is 2.69. The molecule has 0 aliphatic carbocycles. The lowest BCUT2D eigenvalue weighted by Gasteiger charge is -2.19. The Morgan fingerprint density at radius 2 is 2.11 bits per heavy atom. The number of aromatic nitrogens is 1. The number of thioether (sulfide) groups is 1. The zero-order valence-electron chi connectivity index (χ0n) is 9.88. The van der Waals surface area contributed by atoms with E-state index in [1.165, 1.54) is 17.8 Å². The van der Waals surface area contributed by atoms with Crippen molar-refractivity contribution in [2.75, 3.05) is 12.8 Å². The summed E-state index contributed by atoms with van der Waals surface area (Å²) in [7, 11) is 1.66. The Bertz CT molecular complexity index is 438.